The normalized spacial score (nSPS) is 17.9. The largest absolute Gasteiger partial charge is 0.368 e. The van der Waals surface area contributed by atoms with E-state index in [0.717, 1.165) is 25.9 Å². The van der Waals surface area contributed by atoms with Crippen molar-refractivity contribution in [1.82, 2.24) is 15.2 Å². The van der Waals surface area contributed by atoms with E-state index in [1.54, 1.807) is 5.38 Å². The van der Waals surface area contributed by atoms with Gasteiger partial charge in [-0.05, 0) is 25.0 Å². The Balaban J connectivity index is 1.33. The molecule has 1 aliphatic carbocycles. The number of hydrogen-bond acceptors (Lipinski definition) is 5. The van der Waals surface area contributed by atoms with Crippen LogP contribution in [0.4, 0.5) is 5.69 Å². The maximum atomic E-state index is 12.7. The molecule has 1 aromatic carbocycles. The molecule has 2 aromatic rings. The highest BCUT2D eigenvalue weighted by Gasteiger charge is 2.26. The van der Waals surface area contributed by atoms with Crippen LogP contribution in [-0.4, -0.2) is 53.9 Å². The van der Waals surface area contributed by atoms with Crippen molar-refractivity contribution in [1.29, 1.82) is 0 Å². The predicted octanol–water partition coefficient (Wildman–Crippen LogP) is 2.78. The molecule has 0 bridgehead atoms. The van der Waals surface area contributed by atoms with Gasteiger partial charge >= 0.3 is 0 Å². The van der Waals surface area contributed by atoms with Crippen LogP contribution >= 0.6 is 11.3 Å². The van der Waals surface area contributed by atoms with Crippen molar-refractivity contribution in [3.05, 3.63) is 46.4 Å². The molecule has 1 aromatic heterocycles. The topological polar surface area (TPSA) is 65.5 Å². The summed E-state index contributed by atoms with van der Waals surface area (Å²) in [6.45, 7) is 2.92. The van der Waals surface area contributed by atoms with Crippen LogP contribution in [0, 0.1) is 0 Å². The van der Waals surface area contributed by atoms with E-state index in [9.17, 15) is 9.59 Å². The van der Waals surface area contributed by atoms with Crippen LogP contribution in [0.1, 0.15) is 46.0 Å². The van der Waals surface area contributed by atoms with E-state index in [1.165, 1.54) is 29.9 Å². The van der Waals surface area contributed by atoms with Gasteiger partial charge in [0.1, 0.15) is 5.69 Å². The third-order valence-corrected chi connectivity index (χ3v) is 6.14. The van der Waals surface area contributed by atoms with Crippen LogP contribution in [0.3, 0.4) is 0 Å². The highest BCUT2D eigenvalue weighted by Crippen LogP contribution is 2.20. The molecule has 0 unspecified atom stereocenters. The number of anilines is 1. The number of thiazole rings is 1. The van der Waals surface area contributed by atoms with Gasteiger partial charge in [-0.3, -0.25) is 9.59 Å². The lowest BCUT2D eigenvalue weighted by atomic mass is 10.2. The van der Waals surface area contributed by atoms with Crippen LogP contribution in [0.5, 0.6) is 0 Å². The molecule has 6 nitrogen and oxygen atoms in total. The molecular formula is C20H24N4O2S. The van der Waals surface area contributed by atoms with Gasteiger partial charge in [0.25, 0.3) is 11.8 Å². The predicted molar refractivity (Wildman–Crippen MR) is 106 cm³/mol. The van der Waals surface area contributed by atoms with E-state index in [2.05, 4.69) is 27.3 Å². The molecule has 27 heavy (non-hydrogen) atoms. The zero-order valence-corrected chi connectivity index (χ0v) is 16.1. The number of amides is 2. The zero-order chi connectivity index (χ0) is 18.6. The fraction of sp³-hybridized carbons (Fsp3) is 0.450. The monoisotopic (exact) mass is 384 g/mol. The number of benzene rings is 1. The number of carbonyl (C=O) groups excluding carboxylic acids is 2. The van der Waals surface area contributed by atoms with Gasteiger partial charge in [0.05, 0.1) is 0 Å². The summed E-state index contributed by atoms with van der Waals surface area (Å²) in [6, 6.07) is 10.5. The minimum absolute atomic E-state index is 0.0844. The minimum atomic E-state index is -0.153. The summed E-state index contributed by atoms with van der Waals surface area (Å²) in [6.07, 6.45) is 4.41. The standard InChI is InChI=1S/C20H24N4O2S/c25-18(21-15-6-4-5-7-15)19-22-17(14-27-19)20(26)24-12-10-23(11-13-24)16-8-2-1-3-9-16/h1-3,8-9,14-15H,4-7,10-13H2,(H,21,25). The zero-order valence-electron chi connectivity index (χ0n) is 15.3. The molecule has 1 aliphatic heterocycles. The maximum Gasteiger partial charge on any atom is 0.280 e. The van der Waals surface area contributed by atoms with Crippen LogP contribution in [0.2, 0.25) is 0 Å². The first-order valence-electron chi connectivity index (χ1n) is 9.56. The average Bonchev–Trinajstić information content (AvgIpc) is 3.40. The van der Waals surface area contributed by atoms with Gasteiger partial charge in [-0.25, -0.2) is 4.98 Å². The second kappa shape index (κ2) is 8.08. The molecule has 0 radical (unpaired) electrons. The van der Waals surface area contributed by atoms with Crippen molar-refractivity contribution in [2.45, 2.75) is 31.7 Å². The lowest BCUT2D eigenvalue weighted by molar-refractivity contribution is 0.0741. The Morgan fingerprint density at radius 2 is 1.74 bits per heavy atom. The highest BCUT2D eigenvalue weighted by molar-refractivity contribution is 7.11. The number of nitrogens with zero attached hydrogens (tertiary/aromatic N) is 3. The maximum absolute atomic E-state index is 12.7. The van der Waals surface area contributed by atoms with Gasteiger partial charge in [0.2, 0.25) is 0 Å². The lowest BCUT2D eigenvalue weighted by Crippen LogP contribution is -2.48. The van der Waals surface area contributed by atoms with Gasteiger partial charge < -0.3 is 15.1 Å². The SMILES string of the molecule is O=C(NC1CCCC1)c1nc(C(=O)N2CCN(c3ccccc3)CC2)cs1. The number of hydrogen-bond donors (Lipinski definition) is 1. The van der Waals surface area contributed by atoms with Crippen molar-refractivity contribution in [2.75, 3.05) is 31.1 Å². The first-order valence-corrected chi connectivity index (χ1v) is 10.4. The third-order valence-electron chi connectivity index (χ3n) is 5.30. The van der Waals surface area contributed by atoms with Gasteiger partial charge in [-0.1, -0.05) is 31.0 Å². The Morgan fingerprint density at radius 3 is 2.44 bits per heavy atom. The van der Waals surface area contributed by atoms with Gasteiger partial charge in [0.15, 0.2) is 5.01 Å². The lowest BCUT2D eigenvalue weighted by Gasteiger charge is -2.35. The molecule has 0 atom stereocenters. The van der Waals surface area contributed by atoms with Gasteiger partial charge in [-0.15, -0.1) is 11.3 Å². The van der Waals surface area contributed by atoms with E-state index >= 15 is 0 Å². The summed E-state index contributed by atoms with van der Waals surface area (Å²) >= 11 is 1.25. The molecule has 2 aliphatic rings. The molecule has 1 N–H and O–H groups in total. The highest BCUT2D eigenvalue weighted by atomic mass is 32.1. The summed E-state index contributed by atoms with van der Waals surface area (Å²) in [5.74, 6) is -0.237. The van der Waals surface area contributed by atoms with Crippen LogP contribution in [-0.2, 0) is 0 Å². The fourth-order valence-electron chi connectivity index (χ4n) is 3.76. The Labute approximate surface area is 163 Å². The van der Waals surface area contributed by atoms with Gasteiger partial charge in [0, 0.05) is 43.3 Å². The third kappa shape index (κ3) is 4.13. The smallest absolute Gasteiger partial charge is 0.280 e. The number of carbonyl (C=O) groups is 2. The summed E-state index contributed by atoms with van der Waals surface area (Å²) in [5, 5.41) is 5.11. The number of nitrogens with one attached hydrogen (secondary N) is 1. The molecule has 1 saturated carbocycles. The molecule has 0 spiro atoms. The molecule has 142 valence electrons. The van der Waals surface area contributed by atoms with Crippen LogP contribution < -0.4 is 10.2 Å². The number of aromatic nitrogens is 1. The first kappa shape index (κ1) is 18.0. The van der Waals surface area contributed by atoms with E-state index in [0.29, 0.717) is 23.8 Å². The van der Waals surface area contributed by atoms with Gasteiger partial charge in [-0.2, -0.15) is 0 Å². The van der Waals surface area contributed by atoms with E-state index in [1.807, 2.05) is 23.1 Å². The Hall–Kier alpha value is -2.41. The van der Waals surface area contributed by atoms with E-state index < -0.39 is 0 Å². The van der Waals surface area contributed by atoms with Crippen LogP contribution in [0.15, 0.2) is 35.7 Å². The number of piperazine rings is 1. The molecule has 4 rings (SSSR count). The van der Waals surface area contributed by atoms with Crippen molar-refractivity contribution >= 4 is 28.8 Å². The quantitative estimate of drug-likeness (QED) is 0.880. The first-order chi connectivity index (χ1) is 13.2. The summed E-state index contributed by atoms with van der Waals surface area (Å²) in [4.78, 5) is 33.5. The second-order valence-electron chi connectivity index (χ2n) is 7.11. The van der Waals surface area contributed by atoms with Crippen molar-refractivity contribution < 1.29 is 9.59 Å². The van der Waals surface area contributed by atoms with E-state index in [-0.39, 0.29) is 17.9 Å². The van der Waals surface area contributed by atoms with Crippen LogP contribution in [0.25, 0.3) is 0 Å². The molecule has 2 fully saturated rings. The summed E-state index contributed by atoms with van der Waals surface area (Å²) in [5.41, 5.74) is 1.56. The number of rotatable bonds is 4. The molecule has 2 amide bonds. The molecule has 1 saturated heterocycles. The Morgan fingerprint density at radius 1 is 1.04 bits per heavy atom. The minimum Gasteiger partial charge on any atom is -0.368 e. The van der Waals surface area contributed by atoms with Crippen molar-refractivity contribution in [2.24, 2.45) is 0 Å². The fourth-order valence-corrected chi connectivity index (χ4v) is 4.46. The average molecular weight is 385 g/mol. The van der Waals surface area contributed by atoms with E-state index in [4.69, 9.17) is 0 Å². The van der Waals surface area contributed by atoms with Crippen molar-refractivity contribution in [3.8, 4) is 0 Å². The Bertz CT molecular complexity index is 793. The summed E-state index contributed by atoms with van der Waals surface area (Å²) < 4.78 is 0. The van der Waals surface area contributed by atoms with Crippen molar-refractivity contribution in [3.63, 3.8) is 0 Å². The second-order valence-corrected chi connectivity index (χ2v) is 7.97. The number of para-hydroxylation sites is 1. The molecule has 7 heteroatoms. The molecular weight excluding hydrogens is 360 g/mol. The summed E-state index contributed by atoms with van der Waals surface area (Å²) in [7, 11) is 0. The Kier molecular flexibility index (Phi) is 5.38. The molecule has 2 heterocycles.